The van der Waals surface area contributed by atoms with E-state index in [2.05, 4.69) is 15.3 Å². The maximum Gasteiger partial charge on any atom is 0.416 e. The summed E-state index contributed by atoms with van der Waals surface area (Å²) in [7, 11) is 0. The molecule has 1 saturated heterocycles. The van der Waals surface area contributed by atoms with Crippen LogP contribution in [0.5, 0.6) is 0 Å². The van der Waals surface area contributed by atoms with Gasteiger partial charge in [-0.05, 0) is 31.5 Å². The second kappa shape index (κ2) is 8.08. The number of aromatic nitrogens is 2. The molecule has 3 rings (SSSR count). The number of nitrogen functional groups attached to an aromatic ring is 1. The Morgan fingerprint density at radius 2 is 1.91 bits per heavy atom. The molecular formula is C19H18F6N6O2. The SMILES string of the molecule is CC1(C)CN(c2ncc(C(=O)NC(c3cccc(C(F)(F)F)c3)C(F)(F)F)c(N)n2)C(=O)N1. The van der Waals surface area contributed by atoms with Gasteiger partial charge in [-0.15, -0.1) is 0 Å². The minimum atomic E-state index is -5.12. The highest BCUT2D eigenvalue weighted by molar-refractivity contribution is 5.99. The van der Waals surface area contributed by atoms with Crippen molar-refractivity contribution < 1.29 is 35.9 Å². The third kappa shape index (κ3) is 5.26. The summed E-state index contributed by atoms with van der Waals surface area (Å²) in [5, 5.41) is 4.29. The topological polar surface area (TPSA) is 113 Å². The number of rotatable bonds is 4. The van der Waals surface area contributed by atoms with Crippen LogP contribution in [0.1, 0.15) is 41.4 Å². The Morgan fingerprint density at radius 1 is 1.24 bits per heavy atom. The highest BCUT2D eigenvalue weighted by Gasteiger charge is 2.43. The van der Waals surface area contributed by atoms with Crippen molar-refractivity contribution in [2.24, 2.45) is 0 Å². The lowest BCUT2D eigenvalue weighted by molar-refractivity contribution is -0.156. The Bertz CT molecular complexity index is 1090. The standard InChI is InChI=1S/C19H18F6N6O2/c1-17(2)8-31(16(33)30-17)15-27-7-11(13(26)29-15)14(32)28-12(19(23,24)25)9-4-3-5-10(6-9)18(20,21)22/h3-7,12H,8H2,1-2H3,(H,28,32)(H,30,33)(H2,26,27,29). The molecule has 1 aromatic carbocycles. The van der Waals surface area contributed by atoms with Gasteiger partial charge < -0.3 is 16.4 Å². The fraction of sp³-hybridized carbons (Fsp3) is 0.368. The Balaban J connectivity index is 1.87. The molecule has 1 atom stereocenters. The minimum absolute atomic E-state index is 0.169. The van der Waals surface area contributed by atoms with Gasteiger partial charge in [0.1, 0.15) is 5.82 Å². The fourth-order valence-corrected chi connectivity index (χ4v) is 3.17. The zero-order valence-electron chi connectivity index (χ0n) is 17.2. The number of amides is 3. The lowest BCUT2D eigenvalue weighted by Crippen LogP contribution is -2.38. The molecule has 1 unspecified atom stereocenters. The average molecular weight is 476 g/mol. The minimum Gasteiger partial charge on any atom is -0.383 e. The first-order valence-corrected chi connectivity index (χ1v) is 9.35. The Kier molecular flexibility index (Phi) is 5.89. The molecule has 8 nitrogen and oxygen atoms in total. The molecule has 0 saturated carbocycles. The molecule has 2 aromatic rings. The Morgan fingerprint density at radius 3 is 2.42 bits per heavy atom. The van der Waals surface area contributed by atoms with Crippen LogP contribution in [-0.2, 0) is 6.18 Å². The normalized spacial score (nSPS) is 17.0. The first-order chi connectivity index (χ1) is 15.1. The number of nitrogens with one attached hydrogen (secondary N) is 2. The number of carbonyl (C=O) groups is 2. The lowest BCUT2D eigenvalue weighted by atomic mass is 10.0. The van der Waals surface area contributed by atoms with Crippen LogP contribution < -0.4 is 21.3 Å². The summed E-state index contributed by atoms with van der Waals surface area (Å²) in [4.78, 5) is 33.3. The molecule has 0 aliphatic carbocycles. The van der Waals surface area contributed by atoms with Crippen LogP contribution in [0.15, 0.2) is 30.5 Å². The van der Waals surface area contributed by atoms with Gasteiger partial charge in [0.25, 0.3) is 5.91 Å². The summed E-state index contributed by atoms with van der Waals surface area (Å²) in [5.41, 5.74) is 2.44. The smallest absolute Gasteiger partial charge is 0.383 e. The highest BCUT2D eigenvalue weighted by atomic mass is 19.4. The Hall–Kier alpha value is -3.58. The first-order valence-electron chi connectivity index (χ1n) is 9.35. The molecule has 1 aliphatic rings. The number of hydrogen-bond donors (Lipinski definition) is 3. The van der Waals surface area contributed by atoms with Gasteiger partial charge in [0.15, 0.2) is 6.04 Å². The van der Waals surface area contributed by atoms with Crippen molar-refractivity contribution >= 4 is 23.7 Å². The number of carbonyl (C=O) groups excluding carboxylic acids is 2. The van der Waals surface area contributed by atoms with E-state index >= 15 is 0 Å². The van der Waals surface area contributed by atoms with E-state index in [0.29, 0.717) is 12.1 Å². The van der Waals surface area contributed by atoms with Crippen LogP contribution in [0.25, 0.3) is 0 Å². The molecule has 33 heavy (non-hydrogen) atoms. The van der Waals surface area contributed by atoms with E-state index in [9.17, 15) is 35.9 Å². The van der Waals surface area contributed by atoms with Gasteiger partial charge in [0.05, 0.1) is 23.2 Å². The van der Waals surface area contributed by atoms with Crippen LogP contribution in [0.4, 0.5) is 42.9 Å². The van der Waals surface area contributed by atoms with Gasteiger partial charge in [-0.3, -0.25) is 9.69 Å². The van der Waals surface area contributed by atoms with Crippen LogP contribution in [0, 0.1) is 0 Å². The van der Waals surface area contributed by atoms with Crippen LogP contribution in [-0.4, -0.2) is 40.2 Å². The quantitative estimate of drug-likeness (QED) is 0.586. The number of hydrogen-bond acceptors (Lipinski definition) is 5. The molecule has 4 N–H and O–H groups in total. The summed E-state index contributed by atoms with van der Waals surface area (Å²) in [6, 6.07) is -0.758. The van der Waals surface area contributed by atoms with Gasteiger partial charge in [-0.2, -0.15) is 31.3 Å². The molecule has 1 aliphatic heterocycles. The van der Waals surface area contributed by atoms with E-state index < -0.39 is 58.4 Å². The van der Waals surface area contributed by atoms with E-state index in [-0.39, 0.29) is 12.5 Å². The number of nitrogens with two attached hydrogens (primary N) is 1. The van der Waals surface area contributed by atoms with Gasteiger partial charge in [0, 0.05) is 6.20 Å². The van der Waals surface area contributed by atoms with E-state index in [1.165, 1.54) is 0 Å². The summed E-state index contributed by atoms with van der Waals surface area (Å²) in [6.07, 6.45) is -9.15. The first kappa shape index (κ1) is 24.1. The molecule has 3 amide bonds. The second-order valence-electron chi connectivity index (χ2n) is 7.94. The molecule has 0 radical (unpaired) electrons. The largest absolute Gasteiger partial charge is 0.416 e. The monoisotopic (exact) mass is 476 g/mol. The van der Waals surface area contributed by atoms with Gasteiger partial charge >= 0.3 is 18.4 Å². The predicted molar refractivity (Wildman–Crippen MR) is 104 cm³/mol. The zero-order valence-corrected chi connectivity index (χ0v) is 17.2. The van der Waals surface area contributed by atoms with Gasteiger partial charge in [0.2, 0.25) is 5.95 Å². The third-order valence-corrected chi connectivity index (χ3v) is 4.69. The Labute approximate surface area is 183 Å². The van der Waals surface area contributed by atoms with Crippen molar-refractivity contribution in [2.45, 2.75) is 37.8 Å². The van der Waals surface area contributed by atoms with E-state index in [1.807, 2.05) is 0 Å². The summed E-state index contributed by atoms with van der Waals surface area (Å²) < 4.78 is 79.5. The van der Waals surface area contributed by atoms with E-state index in [4.69, 9.17) is 5.73 Å². The molecule has 0 spiro atoms. The van der Waals surface area contributed by atoms with Crippen molar-refractivity contribution in [1.29, 1.82) is 0 Å². The zero-order chi connectivity index (χ0) is 24.8. The molecule has 14 heteroatoms. The summed E-state index contributed by atoms with van der Waals surface area (Å²) >= 11 is 0. The highest BCUT2D eigenvalue weighted by Crippen LogP contribution is 2.36. The van der Waals surface area contributed by atoms with Crippen LogP contribution in [0.3, 0.4) is 0 Å². The van der Waals surface area contributed by atoms with E-state index in [0.717, 1.165) is 23.2 Å². The molecule has 2 heterocycles. The summed E-state index contributed by atoms with van der Waals surface area (Å²) in [5.74, 6) is -2.04. The van der Waals surface area contributed by atoms with E-state index in [1.54, 1.807) is 19.2 Å². The maximum atomic E-state index is 13.6. The van der Waals surface area contributed by atoms with Gasteiger partial charge in [-0.1, -0.05) is 12.1 Å². The number of halogens is 6. The van der Waals surface area contributed by atoms with Crippen molar-refractivity contribution in [1.82, 2.24) is 20.6 Å². The number of urea groups is 1. The number of benzene rings is 1. The molecule has 1 fully saturated rings. The van der Waals surface area contributed by atoms with Crippen molar-refractivity contribution in [3.63, 3.8) is 0 Å². The maximum absolute atomic E-state index is 13.6. The lowest BCUT2D eigenvalue weighted by Gasteiger charge is -2.23. The fourth-order valence-electron chi connectivity index (χ4n) is 3.17. The number of nitrogens with zero attached hydrogens (tertiary/aromatic N) is 3. The number of anilines is 2. The molecule has 1 aromatic heterocycles. The molecular weight excluding hydrogens is 458 g/mol. The average Bonchev–Trinajstić information content (AvgIpc) is 2.96. The predicted octanol–water partition coefficient (Wildman–Crippen LogP) is 3.42. The molecule has 0 bridgehead atoms. The second-order valence-corrected chi connectivity index (χ2v) is 7.94. The van der Waals surface area contributed by atoms with Crippen molar-refractivity contribution in [2.75, 3.05) is 17.2 Å². The van der Waals surface area contributed by atoms with Crippen LogP contribution in [0.2, 0.25) is 0 Å². The van der Waals surface area contributed by atoms with Gasteiger partial charge in [-0.25, -0.2) is 9.78 Å². The summed E-state index contributed by atoms with van der Waals surface area (Å²) in [6.45, 7) is 3.64. The van der Waals surface area contributed by atoms with Crippen molar-refractivity contribution in [3.8, 4) is 0 Å². The number of alkyl halides is 6. The van der Waals surface area contributed by atoms with Crippen molar-refractivity contribution in [3.05, 3.63) is 47.2 Å². The van der Waals surface area contributed by atoms with Crippen LogP contribution >= 0.6 is 0 Å². The third-order valence-electron chi connectivity index (χ3n) is 4.69. The molecule has 178 valence electrons.